The molecule has 2 heterocycles. The van der Waals surface area contributed by atoms with E-state index < -0.39 is 11.2 Å². The van der Waals surface area contributed by atoms with E-state index in [-0.39, 0.29) is 18.2 Å². The molecule has 0 aliphatic carbocycles. The Hall–Kier alpha value is -2.67. The molecule has 1 aromatic heterocycles. The molecule has 7 heteroatoms. The highest BCUT2D eigenvalue weighted by atomic mass is 16.3. The van der Waals surface area contributed by atoms with E-state index in [0.29, 0.717) is 19.0 Å². The van der Waals surface area contributed by atoms with Crippen LogP contribution in [0, 0.1) is 5.92 Å². The van der Waals surface area contributed by atoms with Crippen LogP contribution >= 0.6 is 0 Å². The summed E-state index contributed by atoms with van der Waals surface area (Å²) in [5.74, 6) is 0.0583. The van der Waals surface area contributed by atoms with E-state index in [1.807, 2.05) is 24.3 Å². The van der Waals surface area contributed by atoms with Crippen LogP contribution in [0.25, 0.3) is 0 Å². The van der Waals surface area contributed by atoms with Crippen LogP contribution in [0.1, 0.15) is 28.0 Å². The normalized spacial score (nSPS) is 16.9. The second-order valence-electron chi connectivity index (χ2n) is 6.85. The van der Waals surface area contributed by atoms with Gasteiger partial charge in [-0.15, -0.1) is 0 Å². The number of amides is 1. The van der Waals surface area contributed by atoms with Crippen molar-refractivity contribution in [2.24, 2.45) is 20.0 Å². The fraction of sp³-hybridized carbons (Fsp3) is 0.421. The predicted molar refractivity (Wildman–Crippen MR) is 97.0 cm³/mol. The van der Waals surface area contributed by atoms with Gasteiger partial charge < -0.3 is 10.0 Å². The van der Waals surface area contributed by atoms with E-state index in [1.54, 1.807) is 4.90 Å². The van der Waals surface area contributed by atoms with Gasteiger partial charge in [0.2, 0.25) is 0 Å². The molecule has 7 nitrogen and oxygen atoms in total. The van der Waals surface area contributed by atoms with Crippen molar-refractivity contribution in [2.45, 2.75) is 19.4 Å². The van der Waals surface area contributed by atoms with Crippen molar-refractivity contribution < 1.29 is 9.90 Å². The van der Waals surface area contributed by atoms with Crippen LogP contribution in [-0.4, -0.2) is 38.1 Å². The second-order valence-corrected chi connectivity index (χ2v) is 6.85. The van der Waals surface area contributed by atoms with Crippen molar-refractivity contribution in [3.63, 3.8) is 0 Å². The van der Waals surface area contributed by atoms with Crippen molar-refractivity contribution in [1.82, 2.24) is 14.0 Å². The van der Waals surface area contributed by atoms with Gasteiger partial charge in [-0.3, -0.25) is 18.7 Å². The molecule has 138 valence electrons. The predicted octanol–water partition coefficient (Wildman–Crippen LogP) is 0.281. The molecule has 1 aromatic carbocycles. The summed E-state index contributed by atoms with van der Waals surface area (Å²) in [6.07, 6.45) is 1.73. The third kappa shape index (κ3) is 3.48. The van der Waals surface area contributed by atoms with Crippen LogP contribution in [0.4, 0.5) is 0 Å². The molecule has 0 bridgehead atoms. The van der Waals surface area contributed by atoms with Gasteiger partial charge in [0.1, 0.15) is 5.69 Å². The number of aromatic nitrogens is 2. The Morgan fingerprint density at radius 2 is 1.77 bits per heavy atom. The molecule has 3 rings (SSSR count). The summed E-state index contributed by atoms with van der Waals surface area (Å²) in [5.41, 5.74) is 1.20. The molecule has 0 saturated carbocycles. The van der Waals surface area contributed by atoms with Crippen LogP contribution in [0.3, 0.4) is 0 Å². The summed E-state index contributed by atoms with van der Waals surface area (Å²) in [7, 11) is 2.90. The molecule has 0 spiro atoms. The van der Waals surface area contributed by atoms with Gasteiger partial charge in [0.25, 0.3) is 11.5 Å². The van der Waals surface area contributed by atoms with Gasteiger partial charge in [-0.1, -0.05) is 24.3 Å². The first kappa shape index (κ1) is 18.1. The number of nitrogens with zero attached hydrogens (tertiary/aromatic N) is 3. The zero-order valence-electron chi connectivity index (χ0n) is 15.0. The molecule has 0 unspecified atom stereocenters. The van der Waals surface area contributed by atoms with Crippen molar-refractivity contribution in [1.29, 1.82) is 0 Å². The lowest BCUT2D eigenvalue weighted by Crippen LogP contribution is -2.42. The Labute approximate surface area is 151 Å². The molecule has 1 N–H and O–H groups in total. The van der Waals surface area contributed by atoms with Crippen molar-refractivity contribution >= 4 is 5.91 Å². The van der Waals surface area contributed by atoms with Crippen LogP contribution < -0.4 is 11.2 Å². The van der Waals surface area contributed by atoms with Gasteiger partial charge in [-0.2, -0.15) is 0 Å². The van der Waals surface area contributed by atoms with Gasteiger partial charge in [0.05, 0.1) is 6.61 Å². The largest absolute Gasteiger partial charge is 0.392 e. The summed E-state index contributed by atoms with van der Waals surface area (Å²) in [4.78, 5) is 38.3. The number of carbonyl (C=O) groups is 1. The first-order chi connectivity index (χ1) is 12.4. The summed E-state index contributed by atoms with van der Waals surface area (Å²) in [6.45, 7) is 1.24. The highest BCUT2D eigenvalue weighted by Gasteiger charge is 2.28. The maximum atomic E-state index is 12.8. The summed E-state index contributed by atoms with van der Waals surface area (Å²) in [6, 6.07) is 9.04. The Morgan fingerprint density at radius 3 is 2.42 bits per heavy atom. The zero-order chi connectivity index (χ0) is 18.8. The van der Waals surface area contributed by atoms with E-state index in [0.717, 1.165) is 23.0 Å². The number of hydrogen-bond donors (Lipinski definition) is 1. The van der Waals surface area contributed by atoms with Crippen molar-refractivity contribution in [3.05, 3.63) is 68.0 Å². The van der Waals surface area contributed by atoms with Crippen molar-refractivity contribution in [2.75, 3.05) is 13.1 Å². The van der Waals surface area contributed by atoms with Gasteiger partial charge >= 0.3 is 5.69 Å². The number of benzene rings is 1. The van der Waals surface area contributed by atoms with Crippen LogP contribution in [0.5, 0.6) is 0 Å². The molecular weight excluding hydrogens is 334 g/mol. The standard InChI is InChI=1S/C19H23N3O4/c1-20-16(10-17(24)21(2)19(20)26)18(25)22-8-7-15(11-22)9-13-3-5-14(12-23)6-4-13/h3-6,10,15,23H,7-9,11-12H2,1-2H3/t15-/m1/s1. The van der Waals surface area contributed by atoms with E-state index in [9.17, 15) is 14.4 Å². The molecule has 1 atom stereocenters. The average molecular weight is 357 g/mol. The maximum Gasteiger partial charge on any atom is 0.331 e. The molecule has 26 heavy (non-hydrogen) atoms. The smallest absolute Gasteiger partial charge is 0.331 e. The Kier molecular flexibility index (Phi) is 5.08. The first-order valence-electron chi connectivity index (χ1n) is 8.65. The van der Waals surface area contributed by atoms with Gasteiger partial charge in [-0.25, -0.2) is 4.79 Å². The molecule has 2 aromatic rings. The fourth-order valence-electron chi connectivity index (χ4n) is 3.40. The number of aliphatic hydroxyl groups excluding tert-OH is 1. The highest BCUT2D eigenvalue weighted by molar-refractivity contribution is 5.92. The highest BCUT2D eigenvalue weighted by Crippen LogP contribution is 2.22. The summed E-state index contributed by atoms with van der Waals surface area (Å²) in [5, 5.41) is 9.10. The number of rotatable bonds is 4. The monoisotopic (exact) mass is 357 g/mol. The number of hydrogen-bond acceptors (Lipinski definition) is 4. The first-order valence-corrected chi connectivity index (χ1v) is 8.65. The fourth-order valence-corrected chi connectivity index (χ4v) is 3.40. The van der Waals surface area contributed by atoms with Crippen molar-refractivity contribution in [3.8, 4) is 0 Å². The Balaban J connectivity index is 1.71. The van der Waals surface area contributed by atoms with E-state index in [4.69, 9.17) is 5.11 Å². The Morgan fingerprint density at radius 1 is 1.12 bits per heavy atom. The quantitative estimate of drug-likeness (QED) is 0.852. The third-order valence-electron chi connectivity index (χ3n) is 5.05. The Bertz CT molecular complexity index is 927. The van der Waals surface area contributed by atoms with Gasteiger partial charge in [0, 0.05) is 33.3 Å². The SMILES string of the molecule is Cn1c(C(=O)N2CC[C@H](Cc3ccc(CO)cc3)C2)cc(=O)n(C)c1=O. The molecular formula is C19H23N3O4. The maximum absolute atomic E-state index is 12.8. The minimum atomic E-state index is -0.499. The lowest BCUT2D eigenvalue weighted by molar-refractivity contribution is 0.0775. The van der Waals surface area contributed by atoms with E-state index >= 15 is 0 Å². The number of carbonyl (C=O) groups excluding carboxylic acids is 1. The third-order valence-corrected chi connectivity index (χ3v) is 5.05. The van der Waals surface area contributed by atoms with Crippen LogP contribution in [0.15, 0.2) is 39.9 Å². The summed E-state index contributed by atoms with van der Waals surface area (Å²) < 4.78 is 2.21. The van der Waals surface area contributed by atoms with E-state index in [2.05, 4.69) is 0 Å². The van der Waals surface area contributed by atoms with Gasteiger partial charge in [0.15, 0.2) is 0 Å². The molecule has 1 amide bonds. The van der Waals surface area contributed by atoms with Crippen LogP contribution in [-0.2, 0) is 27.1 Å². The zero-order valence-corrected chi connectivity index (χ0v) is 15.0. The minimum Gasteiger partial charge on any atom is -0.392 e. The molecule has 1 aliphatic heterocycles. The van der Waals surface area contributed by atoms with Gasteiger partial charge in [-0.05, 0) is 29.9 Å². The number of likely N-dealkylation sites (tertiary alicyclic amines) is 1. The summed E-state index contributed by atoms with van der Waals surface area (Å²) >= 11 is 0. The molecule has 1 saturated heterocycles. The molecule has 1 aliphatic rings. The molecule has 0 radical (unpaired) electrons. The van der Waals surface area contributed by atoms with Crippen LogP contribution in [0.2, 0.25) is 0 Å². The lowest BCUT2D eigenvalue weighted by Gasteiger charge is -2.18. The lowest BCUT2D eigenvalue weighted by atomic mass is 9.98. The van der Waals surface area contributed by atoms with E-state index in [1.165, 1.54) is 30.3 Å². The average Bonchev–Trinajstić information content (AvgIpc) is 3.11. The molecule has 1 fully saturated rings. The number of aliphatic hydroxyl groups is 1. The topological polar surface area (TPSA) is 84.5 Å². The second kappa shape index (κ2) is 7.29. The minimum absolute atomic E-state index is 0.0290.